The first-order chi connectivity index (χ1) is 7.52. The van der Waals surface area contributed by atoms with Crippen molar-refractivity contribution in [3.63, 3.8) is 0 Å². The van der Waals surface area contributed by atoms with Crippen molar-refractivity contribution >= 4 is 11.9 Å². The van der Waals surface area contributed by atoms with Gasteiger partial charge in [0.25, 0.3) is 5.91 Å². The summed E-state index contributed by atoms with van der Waals surface area (Å²) in [4.78, 5) is 21.9. The number of amides is 1. The Morgan fingerprint density at radius 2 is 2.00 bits per heavy atom. The van der Waals surface area contributed by atoms with Crippen LogP contribution in [0.25, 0.3) is 0 Å². The van der Waals surface area contributed by atoms with Gasteiger partial charge in [-0.3, -0.25) is 4.79 Å². The first kappa shape index (κ1) is 12.2. The van der Waals surface area contributed by atoms with Crippen molar-refractivity contribution in [2.45, 2.75) is 13.0 Å². The Kier molecular flexibility index (Phi) is 4.02. The number of aliphatic hydroxyl groups excluding tert-OH is 1. The van der Waals surface area contributed by atoms with E-state index in [9.17, 15) is 9.59 Å². The van der Waals surface area contributed by atoms with Crippen LogP contribution in [0.1, 0.15) is 15.9 Å². The van der Waals surface area contributed by atoms with E-state index in [1.54, 1.807) is 31.2 Å². The summed E-state index contributed by atoms with van der Waals surface area (Å²) >= 11 is 0. The van der Waals surface area contributed by atoms with Gasteiger partial charge in [0.05, 0.1) is 6.54 Å². The van der Waals surface area contributed by atoms with Crippen LogP contribution in [0.4, 0.5) is 0 Å². The van der Waals surface area contributed by atoms with Gasteiger partial charge in [0.1, 0.15) is 0 Å². The summed E-state index contributed by atoms with van der Waals surface area (Å²) in [5, 5.41) is 19.7. The molecule has 0 saturated heterocycles. The molecule has 86 valence electrons. The van der Waals surface area contributed by atoms with Gasteiger partial charge in [-0.15, -0.1) is 0 Å². The lowest BCUT2D eigenvalue weighted by molar-refractivity contribution is -0.146. The van der Waals surface area contributed by atoms with Crippen molar-refractivity contribution in [1.29, 1.82) is 0 Å². The number of rotatable bonds is 4. The second-order valence-corrected chi connectivity index (χ2v) is 3.38. The zero-order chi connectivity index (χ0) is 12.1. The molecule has 0 saturated carbocycles. The highest BCUT2D eigenvalue weighted by molar-refractivity contribution is 5.95. The highest BCUT2D eigenvalue weighted by atomic mass is 16.4. The molecule has 0 unspecified atom stereocenters. The summed E-state index contributed by atoms with van der Waals surface area (Å²) in [6.07, 6.45) is -1.58. The zero-order valence-corrected chi connectivity index (χ0v) is 8.80. The van der Waals surface area contributed by atoms with Gasteiger partial charge in [0.2, 0.25) is 0 Å². The van der Waals surface area contributed by atoms with Crippen molar-refractivity contribution in [3.05, 3.63) is 35.4 Å². The van der Waals surface area contributed by atoms with Crippen LogP contribution < -0.4 is 5.32 Å². The Balaban J connectivity index is 2.60. The summed E-state index contributed by atoms with van der Waals surface area (Å²) in [6, 6.07) is 6.94. The summed E-state index contributed by atoms with van der Waals surface area (Å²) in [5.41, 5.74) is 1.27. The van der Waals surface area contributed by atoms with Gasteiger partial charge in [0.15, 0.2) is 6.10 Å². The lowest BCUT2D eigenvalue weighted by atomic mass is 10.1. The second-order valence-electron chi connectivity index (χ2n) is 3.38. The molecule has 0 aliphatic heterocycles. The molecular weight excluding hydrogens is 210 g/mol. The molecule has 0 radical (unpaired) electrons. The normalized spacial score (nSPS) is 11.9. The standard InChI is InChI=1S/C11H13NO4/c1-7-4-2-3-5-8(7)10(14)12-6-9(13)11(15)16/h2-5,9,13H,6H2,1H3,(H,12,14)(H,15,16)/t9-/m0/s1. The second kappa shape index (κ2) is 5.27. The Hall–Kier alpha value is -1.88. The molecular formula is C11H13NO4. The Labute approximate surface area is 92.7 Å². The van der Waals surface area contributed by atoms with Gasteiger partial charge in [-0.05, 0) is 18.6 Å². The SMILES string of the molecule is Cc1ccccc1C(=O)NC[C@H](O)C(=O)O. The molecule has 1 aromatic rings. The number of carbonyl (C=O) groups is 2. The molecule has 0 aliphatic rings. The van der Waals surface area contributed by atoms with Crippen molar-refractivity contribution in [2.75, 3.05) is 6.54 Å². The average Bonchev–Trinajstić information content (AvgIpc) is 2.25. The first-order valence-electron chi connectivity index (χ1n) is 4.77. The highest BCUT2D eigenvalue weighted by Gasteiger charge is 2.15. The topological polar surface area (TPSA) is 86.6 Å². The van der Waals surface area contributed by atoms with E-state index in [1.807, 2.05) is 0 Å². The van der Waals surface area contributed by atoms with E-state index in [4.69, 9.17) is 10.2 Å². The number of hydrogen-bond acceptors (Lipinski definition) is 3. The molecule has 0 aromatic heterocycles. The van der Waals surface area contributed by atoms with Crippen molar-refractivity contribution in [3.8, 4) is 0 Å². The van der Waals surface area contributed by atoms with Crippen LogP contribution in [0, 0.1) is 6.92 Å². The summed E-state index contributed by atoms with van der Waals surface area (Å²) in [7, 11) is 0. The smallest absolute Gasteiger partial charge is 0.334 e. The average molecular weight is 223 g/mol. The fraction of sp³-hybridized carbons (Fsp3) is 0.273. The summed E-state index contributed by atoms with van der Waals surface area (Å²) in [5.74, 6) is -1.75. The van der Waals surface area contributed by atoms with E-state index in [0.29, 0.717) is 5.56 Å². The van der Waals surface area contributed by atoms with Crippen LogP contribution in [0.15, 0.2) is 24.3 Å². The number of hydrogen-bond donors (Lipinski definition) is 3. The predicted octanol–water partition coefficient (Wildman–Crippen LogP) is 0.170. The molecule has 1 amide bonds. The molecule has 0 aliphatic carbocycles. The van der Waals surface area contributed by atoms with Gasteiger partial charge in [-0.2, -0.15) is 0 Å². The minimum atomic E-state index is -1.58. The third-order valence-electron chi connectivity index (χ3n) is 2.13. The Morgan fingerprint density at radius 1 is 1.38 bits per heavy atom. The lowest BCUT2D eigenvalue weighted by Gasteiger charge is -2.09. The van der Waals surface area contributed by atoms with Crippen LogP contribution in [-0.2, 0) is 4.79 Å². The molecule has 1 aromatic carbocycles. The molecule has 16 heavy (non-hydrogen) atoms. The van der Waals surface area contributed by atoms with Crippen LogP contribution in [0.5, 0.6) is 0 Å². The molecule has 0 spiro atoms. The molecule has 5 nitrogen and oxygen atoms in total. The van der Waals surface area contributed by atoms with Crippen LogP contribution in [0.2, 0.25) is 0 Å². The maximum absolute atomic E-state index is 11.6. The van der Waals surface area contributed by atoms with Gasteiger partial charge in [-0.1, -0.05) is 18.2 Å². The molecule has 3 N–H and O–H groups in total. The number of aliphatic carboxylic acids is 1. The van der Waals surface area contributed by atoms with E-state index in [-0.39, 0.29) is 6.54 Å². The van der Waals surface area contributed by atoms with E-state index in [2.05, 4.69) is 5.32 Å². The number of carbonyl (C=O) groups excluding carboxylic acids is 1. The van der Waals surface area contributed by atoms with Crippen molar-refractivity contribution in [2.24, 2.45) is 0 Å². The third-order valence-corrected chi connectivity index (χ3v) is 2.13. The molecule has 1 rings (SSSR count). The van der Waals surface area contributed by atoms with Gasteiger partial charge >= 0.3 is 5.97 Å². The number of aliphatic hydroxyl groups is 1. The van der Waals surface area contributed by atoms with Crippen LogP contribution in [-0.4, -0.2) is 34.7 Å². The molecule has 5 heteroatoms. The molecule has 0 heterocycles. The fourth-order valence-corrected chi connectivity index (χ4v) is 1.20. The monoisotopic (exact) mass is 223 g/mol. The fourth-order valence-electron chi connectivity index (χ4n) is 1.20. The number of benzene rings is 1. The Morgan fingerprint density at radius 3 is 2.56 bits per heavy atom. The maximum atomic E-state index is 11.6. The summed E-state index contributed by atoms with van der Waals surface area (Å²) in [6.45, 7) is 1.48. The minimum Gasteiger partial charge on any atom is -0.479 e. The first-order valence-corrected chi connectivity index (χ1v) is 4.77. The molecule has 0 bridgehead atoms. The van der Waals surface area contributed by atoms with E-state index in [1.165, 1.54) is 0 Å². The van der Waals surface area contributed by atoms with Crippen LogP contribution >= 0.6 is 0 Å². The number of carboxylic acid groups (broad SMARTS) is 1. The number of nitrogens with one attached hydrogen (secondary N) is 1. The van der Waals surface area contributed by atoms with Gasteiger partial charge in [-0.25, -0.2) is 4.79 Å². The van der Waals surface area contributed by atoms with E-state index < -0.39 is 18.0 Å². The largest absolute Gasteiger partial charge is 0.479 e. The summed E-state index contributed by atoms with van der Waals surface area (Å²) < 4.78 is 0. The molecule has 1 atom stereocenters. The van der Waals surface area contributed by atoms with Crippen molar-refractivity contribution in [1.82, 2.24) is 5.32 Å². The Bertz CT molecular complexity index is 403. The van der Waals surface area contributed by atoms with Crippen molar-refractivity contribution < 1.29 is 19.8 Å². The van der Waals surface area contributed by atoms with E-state index >= 15 is 0 Å². The number of aryl methyl sites for hydroxylation is 1. The van der Waals surface area contributed by atoms with Gasteiger partial charge in [0, 0.05) is 5.56 Å². The third kappa shape index (κ3) is 3.06. The number of carboxylic acids is 1. The highest BCUT2D eigenvalue weighted by Crippen LogP contribution is 2.06. The predicted molar refractivity (Wildman–Crippen MR) is 57.2 cm³/mol. The zero-order valence-electron chi connectivity index (χ0n) is 8.80. The lowest BCUT2D eigenvalue weighted by Crippen LogP contribution is -2.36. The van der Waals surface area contributed by atoms with Gasteiger partial charge < -0.3 is 15.5 Å². The maximum Gasteiger partial charge on any atom is 0.334 e. The molecule has 0 fully saturated rings. The van der Waals surface area contributed by atoms with Crippen LogP contribution in [0.3, 0.4) is 0 Å². The minimum absolute atomic E-state index is 0.303. The van der Waals surface area contributed by atoms with E-state index in [0.717, 1.165) is 5.56 Å². The quantitative estimate of drug-likeness (QED) is 0.679.